The molecule has 0 bridgehead atoms. The van der Waals surface area contributed by atoms with E-state index < -0.39 is 5.82 Å². The van der Waals surface area contributed by atoms with Crippen LogP contribution in [-0.4, -0.2) is 28.1 Å². The molecule has 0 spiro atoms. The average Bonchev–Trinajstić information content (AvgIpc) is 3.20. The van der Waals surface area contributed by atoms with Crippen molar-refractivity contribution in [1.29, 1.82) is 0 Å². The van der Waals surface area contributed by atoms with Gasteiger partial charge in [0.1, 0.15) is 5.82 Å². The minimum Gasteiger partial charge on any atom is -0.436 e. The van der Waals surface area contributed by atoms with Crippen molar-refractivity contribution < 1.29 is 18.7 Å². The van der Waals surface area contributed by atoms with Gasteiger partial charge in [-0.15, -0.1) is 0 Å². The van der Waals surface area contributed by atoms with Crippen molar-refractivity contribution in [2.75, 3.05) is 0 Å². The number of hydrogen-bond acceptors (Lipinski definition) is 4. The Morgan fingerprint density at radius 1 is 1.04 bits per heavy atom. The zero-order chi connectivity index (χ0) is 19.5. The van der Waals surface area contributed by atoms with Gasteiger partial charge in [-0.3, -0.25) is 4.79 Å². The lowest BCUT2D eigenvalue weighted by Crippen LogP contribution is -2.38. The molecule has 1 saturated carbocycles. The molecule has 0 radical (unpaired) electrons. The van der Waals surface area contributed by atoms with Gasteiger partial charge < -0.3 is 14.8 Å². The van der Waals surface area contributed by atoms with Gasteiger partial charge in [-0.1, -0.05) is 24.3 Å². The van der Waals surface area contributed by atoms with Crippen LogP contribution in [0.2, 0.25) is 0 Å². The molecule has 1 heterocycles. The molecule has 3 aromatic rings. The van der Waals surface area contributed by atoms with E-state index in [2.05, 4.69) is 10.3 Å². The summed E-state index contributed by atoms with van der Waals surface area (Å²) in [6, 6.07) is 13.4. The maximum Gasteiger partial charge on any atom is 0.252 e. The van der Waals surface area contributed by atoms with Crippen LogP contribution in [0.15, 0.2) is 59.1 Å². The standard InChI is InChI=1S/C22H21FN2O3/c23-19-8-4-3-7-18(19)20-13-24-22(28-20)17-6-2-1-5-16(17)21(27)25-14-9-11-15(26)12-10-14/h1-8,13-15,26H,9-12H2,(H,25,27). The first-order valence-electron chi connectivity index (χ1n) is 9.41. The quantitative estimate of drug-likeness (QED) is 0.712. The van der Waals surface area contributed by atoms with Crippen LogP contribution in [0.4, 0.5) is 4.39 Å². The molecule has 0 aliphatic heterocycles. The Kier molecular flexibility index (Phi) is 5.21. The van der Waals surface area contributed by atoms with Gasteiger partial charge >= 0.3 is 0 Å². The number of oxazole rings is 1. The van der Waals surface area contributed by atoms with E-state index in [-0.39, 0.29) is 23.9 Å². The number of aliphatic hydroxyl groups is 1. The molecule has 1 aromatic heterocycles. The molecule has 0 unspecified atom stereocenters. The number of aliphatic hydroxyl groups excluding tert-OH is 1. The maximum atomic E-state index is 14.0. The summed E-state index contributed by atoms with van der Waals surface area (Å²) in [4.78, 5) is 17.1. The fourth-order valence-corrected chi connectivity index (χ4v) is 3.54. The van der Waals surface area contributed by atoms with Crippen molar-refractivity contribution in [3.05, 3.63) is 66.1 Å². The normalized spacial score (nSPS) is 19.4. The van der Waals surface area contributed by atoms with Gasteiger partial charge in [-0.05, 0) is 49.9 Å². The molecule has 1 amide bonds. The van der Waals surface area contributed by atoms with Gasteiger partial charge in [0.15, 0.2) is 5.76 Å². The van der Waals surface area contributed by atoms with Crippen molar-refractivity contribution in [2.45, 2.75) is 37.8 Å². The second-order valence-electron chi connectivity index (χ2n) is 7.03. The number of nitrogens with one attached hydrogen (secondary N) is 1. The summed E-state index contributed by atoms with van der Waals surface area (Å²) in [5.41, 5.74) is 1.33. The molecule has 4 rings (SSSR count). The smallest absolute Gasteiger partial charge is 0.252 e. The maximum absolute atomic E-state index is 14.0. The molecule has 0 saturated heterocycles. The Bertz CT molecular complexity index is 977. The second-order valence-corrected chi connectivity index (χ2v) is 7.03. The molecule has 144 valence electrons. The van der Waals surface area contributed by atoms with Crippen LogP contribution in [0.5, 0.6) is 0 Å². The fourth-order valence-electron chi connectivity index (χ4n) is 3.54. The molecule has 6 heteroatoms. The average molecular weight is 380 g/mol. The van der Waals surface area contributed by atoms with Crippen LogP contribution in [0.1, 0.15) is 36.0 Å². The van der Waals surface area contributed by atoms with E-state index in [0.717, 1.165) is 12.8 Å². The highest BCUT2D eigenvalue weighted by atomic mass is 19.1. The Balaban J connectivity index is 1.58. The van der Waals surface area contributed by atoms with Gasteiger partial charge in [0.05, 0.1) is 23.4 Å². The van der Waals surface area contributed by atoms with Crippen LogP contribution < -0.4 is 5.32 Å². The number of amides is 1. The lowest BCUT2D eigenvalue weighted by Gasteiger charge is -2.26. The third-order valence-corrected chi connectivity index (χ3v) is 5.08. The van der Waals surface area contributed by atoms with Gasteiger partial charge in [-0.25, -0.2) is 9.37 Å². The third kappa shape index (κ3) is 3.82. The van der Waals surface area contributed by atoms with E-state index in [1.54, 1.807) is 42.5 Å². The SMILES string of the molecule is O=C(NC1CCC(O)CC1)c1ccccc1-c1ncc(-c2ccccc2F)o1. The van der Waals surface area contributed by atoms with Gasteiger partial charge in [0.2, 0.25) is 5.89 Å². The Morgan fingerprint density at radius 3 is 2.46 bits per heavy atom. The molecule has 1 aliphatic carbocycles. The van der Waals surface area contributed by atoms with Crippen molar-refractivity contribution in [3.63, 3.8) is 0 Å². The number of benzene rings is 2. The monoisotopic (exact) mass is 380 g/mol. The van der Waals surface area contributed by atoms with E-state index in [4.69, 9.17) is 4.42 Å². The van der Waals surface area contributed by atoms with Crippen LogP contribution >= 0.6 is 0 Å². The first-order chi connectivity index (χ1) is 13.6. The predicted octanol–water partition coefficient (Wildman–Crippen LogP) is 4.18. The summed E-state index contributed by atoms with van der Waals surface area (Å²) < 4.78 is 19.8. The highest BCUT2D eigenvalue weighted by Gasteiger charge is 2.23. The molecule has 1 aliphatic rings. The number of hydrogen-bond donors (Lipinski definition) is 2. The van der Waals surface area contributed by atoms with Crippen molar-refractivity contribution in [3.8, 4) is 22.8 Å². The highest BCUT2D eigenvalue weighted by Crippen LogP contribution is 2.30. The van der Waals surface area contributed by atoms with E-state index in [1.165, 1.54) is 12.3 Å². The van der Waals surface area contributed by atoms with Gasteiger partial charge in [0, 0.05) is 11.6 Å². The lowest BCUT2D eigenvalue weighted by atomic mass is 9.93. The molecule has 28 heavy (non-hydrogen) atoms. The molecule has 2 N–H and O–H groups in total. The van der Waals surface area contributed by atoms with Crippen LogP contribution in [0.3, 0.4) is 0 Å². The van der Waals surface area contributed by atoms with Gasteiger partial charge in [-0.2, -0.15) is 0 Å². The van der Waals surface area contributed by atoms with Crippen LogP contribution in [-0.2, 0) is 0 Å². The summed E-state index contributed by atoms with van der Waals surface area (Å²) in [5, 5.41) is 12.7. The van der Waals surface area contributed by atoms with Gasteiger partial charge in [0.25, 0.3) is 5.91 Å². The third-order valence-electron chi connectivity index (χ3n) is 5.08. The zero-order valence-electron chi connectivity index (χ0n) is 15.3. The molecular weight excluding hydrogens is 359 g/mol. The van der Waals surface area contributed by atoms with Crippen molar-refractivity contribution in [1.82, 2.24) is 10.3 Å². The molecule has 0 atom stereocenters. The molecule has 2 aromatic carbocycles. The largest absolute Gasteiger partial charge is 0.436 e. The molecule has 5 nitrogen and oxygen atoms in total. The number of rotatable bonds is 4. The number of aromatic nitrogens is 1. The fraction of sp³-hybridized carbons (Fsp3) is 0.273. The van der Waals surface area contributed by atoms with Crippen molar-refractivity contribution in [2.24, 2.45) is 0 Å². The highest BCUT2D eigenvalue weighted by molar-refractivity contribution is 6.00. The first-order valence-corrected chi connectivity index (χ1v) is 9.41. The minimum atomic E-state index is -0.393. The summed E-state index contributed by atoms with van der Waals surface area (Å²) in [6.07, 6.45) is 4.09. The summed E-state index contributed by atoms with van der Waals surface area (Å²) in [5.74, 6) is -0.0222. The summed E-state index contributed by atoms with van der Waals surface area (Å²) >= 11 is 0. The number of carbonyl (C=O) groups is 1. The van der Waals surface area contributed by atoms with E-state index in [0.29, 0.717) is 35.3 Å². The van der Waals surface area contributed by atoms with E-state index in [9.17, 15) is 14.3 Å². The van der Waals surface area contributed by atoms with Crippen LogP contribution in [0, 0.1) is 5.82 Å². The summed E-state index contributed by atoms with van der Waals surface area (Å²) in [7, 11) is 0. The molecule has 1 fully saturated rings. The summed E-state index contributed by atoms with van der Waals surface area (Å²) in [6.45, 7) is 0. The van der Waals surface area contributed by atoms with Crippen molar-refractivity contribution >= 4 is 5.91 Å². The van der Waals surface area contributed by atoms with E-state index >= 15 is 0 Å². The Labute approximate surface area is 162 Å². The predicted molar refractivity (Wildman–Crippen MR) is 103 cm³/mol. The topological polar surface area (TPSA) is 75.4 Å². The Hall–Kier alpha value is -2.99. The van der Waals surface area contributed by atoms with Crippen LogP contribution in [0.25, 0.3) is 22.8 Å². The minimum absolute atomic E-state index is 0.0440. The Morgan fingerprint density at radius 2 is 1.71 bits per heavy atom. The number of halogens is 1. The van der Waals surface area contributed by atoms with E-state index in [1.807, 2.05) is 0 Å². The first kappa shape index (κ1) is 18.4. The lowest BCUT2D eigenvalue weighted by molar-refractivity contribution is 0.0868. The second kappa shape index (κ2) is 7.94. The number of carbonyl (C=O) groups excluding carboxylic acids is 1. The zero-order valence-corrected chi connectivity index (χ0v) is 15.3. The molecular formula is C22H21FN2O3. The number of nitrogens with zero attached hydrogens (tertiary/aromatic N) is 1.